The fourth-order valence-corrected chi connectivity index (χ4v) is 1.64. The Morgan fingerprint density at radius 2 is 2.13 bits per heavy atom. The van der Waals surface area contributed by atoms with Crippen molar-refractivity contribution >= 4 is 11.0 Å². The molecule has 0 radical (unpaired) electrons. The van der Waals surface area contributed by atoms with Gasteiger partial charge in [0.15, 0.2) is 0 Å². The maximum absolute atomic E-state index is 13.5. The van der Waals surface area contributed by atoms with Crippen molar-refractivity contribution in [2.45, 2.75) is 33.1 Å². The van der Waals surface area contributed by atoms with Crippen molar-refractivity contribution in [1.82, 2.24) is 9.97 Å². The summed E-state index contributed by atoms with van der Waals surface area (Å²) >= 11 is 0. The number of aromatic nitrogens is 2. The Balaban J connectivity index is 2.61. The Kier molecular flexibility index (Phi) is 2.47. The van der Waals surface area contributed by atoms with E-state index in [1.807, 2.05) is 13.0 Å². The van der Waals surface area contributed by atoms with E-state index in [0.29, 0.717) is 12.3 Å². The lowest BCUT2D eigenvalue weighted by Crippen LogP contribution is -1.88. The van der Waals surface area contributed by atoms with E-state index >= 15 is 0 Å². The summed E-state index contributed by atoms with van der Waals surface area (Å²) in [6.45, 7) is 6.07. The van der Waals surface area contributed by atoms with E-state index in [1.165, 1.54) is 6.07 Å². The minimum Gasteiger partial charge on any atom is -0.342 e. The molecule has 2 nitrogen and oxygen atoms in total. The molecule has 1 heterocycles. The highest BCUT2D eigenvalue weighted by molar-refractivity contribution is 5.76. The van der Waals surface area contributed by atoms with Gasteiger partial charge in [0.25, 0.3) is 0 Å². The predicted molar refractivity (Wildman–Crippen MR) is 59.5 cm³/mol. The summed E-state index contributed by atoms with van der Waals surface area (Å²) in [5.41, 5.74) is 2.37. The topological polar surface area (TPSA) is 28.7 Å². The number of nitrogens with zero attached hydrogens (tertiary/aromatic N) is 1. The van der Waals surface area contributed by atoms with Crippen molar-refractivity contribution in [2.75, 3.05) is 0 Å². The minimum atomic E-state index is -0.149. The first-order valence-electron chi connectivity index (χ1n) is 5.29. The Labute approximate surface area is 88.5 Å². The quantitative estimate of drug-likeness (QED) is 0.801. The zero-order valence-corrected chi connectivity index (χ0v) is 9.26. The highest BCUT2D eigenvalue weighted by Crippen LogP contribution is 2.20. The first-order valence-corrected chi connectivity index (χ1v) is 5.29. The van der Waals surface area contributed by atoms with E-state index in [2.05, 4.69) is 23.8 Å². The number of nitrogens with one attached hydrogen (secondary N) is 1. The second-order valence-corrected chi connectivity index (χ2v) is 4.09. The molecule has 0 aliphatic heterocycles. The number of aryl methyl sites for hydroxylation is 1. The number of hydrogen-bond acceptors (Lipinski definition) is 1. The van der Waals surface area contributed by atoms with Crippen LogP contribution in [0.2, 0.25) is 0 Å². The maximum Gasteiger partial charge on any atom is 0.128 e. The van der Waals surface area contributed by atoms with Gasteiger partial charge in [-0.1, -0.05) is 20.8 Å². The van der Waals surface area contributed by atoms with Gasteiger partial charge in [-0.05, 0) is 24.1 Å². The molecule has 0 amide bonds. The highest BCUT2D eigenvalue weighted by Gasteiger charge is 2.09. The Morgan fingerprint density at radius 1 is 1.40 bits per heavy atom. The molecule has 0 spiro atoms. The van der Waals surface area contributed by atoms with Gasteiger partial charge in [-0.15, -0.1) is 0 Å². The molecule has 0 saturated heterocycles. The number of aromatic amines is 1. The van der Waals surface area contributed by atoms with Crippen LogP contribution < -0.4 is 0 Å². The van der Waals surface area contributed by atoms with Crippen molar-refractivity contribution in [3.05, 3.63) is 29.3 Å². The minimum absolute atomic E-state index is 0.149. The fraction of sp³-hybridized carbons (Fsp3) is 0.417. The second-order valence-electron chi connectivity index (χ2n) is 4.09. The molecule has 0 fully saturated rings. The zero-order valence-electron chi connectivity index (χ0n) is 9.26. The standard InChI is InChI=1S/C12H15FN2/c1-4-8-5-10-11(6-9(8)13)15-12(14-10)7(2)3/h5-7H,4H2,1-3H3,(H,14,15). The number of rotatable bonds is 2. The molecular formula is C12H15FN2. The summed E-state index contributed by atoms with van der Waals surface area (Å²) in [6.07, 6.45) is 0.700. The van der Waals surface area contributed by atoms with Gasteiger partial charge in [0.1, 0.15) is 11.6 Å². The third kappa shape index (κ3) is 1.74. The largest absolute Gasteiger partial charge is 0.342 e. The number of hydrogen-bond donors (Lipinski definition) is 1. The number of H-pyrrole nitrogens is 1. The molecule has 0 saturated carbocycles. The van der Waals surface area contributed by atoms with Crippen LogP contribution in [-0.2, 0) is 6.42 Å². The van der Waals surface area contributed by atoms with Gasteiger partial charge in [-0.2, -0.15) is 0 Å². The number of halogens is 1. The van der Waals surface area contributed by atoms with Gasteiger partial charge in [-0.3, -0.25) is 0 Å². The molecule has 2 aromatic rings. The van der Waals surface area contributed by atoms with Crippen molar-refractivity contribution < 1.29 is 4.39 Å². The van der Waals surface area contributed by atoms with Crippen LogP contribution in [0.4, 0.5) is 4.39 Å². The third-order valence-corrected chi connectivity index (χ3v) is 2.60. The van der Waals surface area contributed by atoms with Gasteiger partial charge in [0, 0.05) is 5.92 Å². The number of benzene rings is 1. The van der Waals surface area contributed by atoms with Gasteiger partial charge in [0.2, 0.25) is 0 Å². The van der Waals surface area contributed by atoms with Crippen LogP contribution >= 0.6 is 0 Å². The molecule has 1 N–H and O–H groups in total. The third-order valence-electron chi connectivity index (χ3n) is 2.60. The van der Waals surface area contributed by atoms with Gasteiger partial charge < -0.3 is 4.98 Å². The van der Waals surface area contributed by atoms with Crippen molar-refractivity contribution in [3.63, 3.8) is 0 Å². The summed E-state index contributed by atoms with van der Waals surface area (Å²) in [6, 6.07) is 3.36. The molecule has 0 bridgehead atoms. The van der Waals surface area contributed by atoms with Gasteiger partial charge >= 0.3 is 0 Å². The van der Waals surface area contributed by atoms with E-state index < -0.39 is 0 Å². The van der Waals surface area contributed by atoms with E-state index in [0.717, 1.165) is 22.4 Å². The lowest BCUT2D eigenvalue weighted by Gasteiger charge is -1.97. The van der Waals surface area contributed by atoms with E-state index in [4.69, 9.17) is 0 Å². The van der Waals surface area contributed by atoms with Crippen molar-refractivity contribution in [2.24, 2.45) is 0 Å². The molecule has 15 heavy (non-hydrogen) atoms. The lowest BCUT2D eigenvalue weighted by molar-refractivity contribution is 0.614. The summed E-state index contributed by atoms with van der Waals surface area (Å²) in [5.74, 6) is 1.10. The molecule has 0 aliphatic rings. The van der Waals surface area contributed by atoms with Crippen LogP contribution in [-0.4, -0.2) is 9.97 Å². The zero-order chi connectivity index (χ0) is 11.0. The van der Waals surface area contributed by atoms with E-state index in [9.17, 15) is 4.39 Å². The van der Waals surface area contributed by atoms with Gasteiger partial charge in [-0.25, -0.2) is 9.37 Å². The molecular weight excluding hydrogens is 191 g/mol. The summed E-state index contributed by atoms with van der Waals surface area (Å²) in [5, 5.41) is 0. The van der Waals surface area contributed by atoms with Crippen LogP contribution in [0.3, 0.4) is 0 Å². The highest BCUT2D eigenvalue weighted by atomic mass is 19.1. The lowest BCUT2D eigenvalue weighted by atomic mass is 10.1. The summed E-state index contributed by atoms with van der Waals surface area (Å²) in [4.78, 5) is 7.58. The van der Waals surface area contributed by atoms with E-state index in [1.54, 1.807) is 0 Å². The molecule has 0 atom stereocenters. The van der Waals surface area contributed by atoms with Gasteiger partial charge in [0.05, 0.1) is 11.0 Å². The summed E-state index contributed by atoms with van der Waals surface area (Å²) < 4.78 is 13.5. The van der Waals surface area contributed by atoms with Crippen LogP contribution in [0.1, 0.15) is 38.1 Å². The monoisotopic (exact) mass is 206 g/mol. The molecule has 0 aliphatic carbocycles. The van der Waals surface area contributed by atoms with Crippen molar-refractivity contribution in [1.29, 1.82) is 0 Å². The average molecular weight is 206 g/mol. The Hall–Kier alpha value is -1.38. The number of imidazole rings is 1. The molecule has 2 rings (SSSR count). The molecule has 1 aromatic heterocycles. The second kappa shape index (κ2) is 3.65. The number of fused-ring (bicyclic) bond motifs is 1. The maximum atomic E-state index is 13.5. The Bertz CT molecular complexity index is 486. The van der Waals surface area contributed by atoms with Crippen LogP contribution in [0, 0.1) is 5.82 Å². The first-order chi connectivity index (χ1) is 7.11. The average Bonchev–Trinajstić information content (AvgIpc) is 2.59. The van der Waals surface area contributed by atoms with Crippen LogP contribution in [0.15, 0.2) is 12.1 Å². The van der Waals surface area contributed by atoms with E-state index in [-0.39, 0.29) is 5.82 Å². The predicted octanol–water partition coefficient (Wildman–Crippen LogP) is 3.39. The SMILES string of the molecule is CCc1cc2nc(C(C)C)[nH]c2cc1F. The molecule has 1 aromatic carbocycles. The van der Waals surface area contributed by atoms with Crippen LogP contribution in [0.25, 0.3) is 11.0 Å². The molecule has 80 valence electrons. The molecule has 0 unspecified atom stereocenters. The normalized spacial score (nSPS) is 11.5. The summed E-state index contributed by atoms with van der Waals surface area (Å²) in [7, 11) is 0. The smallest absolute Gasteiger partial charge is 0.128 e. The van der Waals surface area contributed by atoms with Crippen molar-refractivity contribution in [3.8, 4) is 0 Å². The Morgan fingerprint density at radius 3 is 2.73 bits per heavy atom. The fourth-order valence-electron chi connectivity index (χ4n) is 1.64. The molecule has 3 heteroatoms. The van der Waals surface area contributed by atoms with Crippen LogP contribution in [0.5, 0.6) is 0 Å². The first kappa shape index (κ1) is 10.1.